The van der Waals surface area contributed by atoms with Crippen molar-refractivity contribution in [3.63, 3.8) is 0 Å². The predicted octanol–water partition coefficient (Wildman–Crippen LogP) is 3.59. The Morgan fingerprint density at radius 3 is 2.15 bits per heavy atom. The molecule has 0 fully saturated rings. The van der Waals surface area contributed by atoms with Crippen molar-refractivity contribution >= 4 is 0 Å². The van der Waals surface area contributed by atoms with Crippen LogP contribution in [0.5, 0.6) is 0 Å². The Kier molecular flexibility index (Phi) is 6.40. The van der Waals surface area contributed by atoms with E-state index in [1.165, 1.54) is 25.7 Å². The van der Waals surface area contributed by atoms with E-state index in [-0.39, 0.29) is 0 Å². The largest absolute Gasteiger partial charge is 0.314 e. The summed E-state index contributed by atoms with van der Waals surface area (Å²) < 4.78 is 0. The lowest BCUT2D eigenvalue weighted by atomic mass is 9.86. The van der Waals surface area contributed by atoms with E-state index in [2.05, 4.69) is 39.9 Å². The molecule has 13 heavy (non-hydrogen) atoms. The Labute approximate surface area is 84.3 Å². The fourth-order valence-electron chi connectivity index (χ4n) is 1.75. The maximum atomic E-state index is 3.57. The van der Waals surface area contributed by atoms with Crippen molar-refractivity contribution in [2.75, 3.05) is 6.54 Å². The van der Waals surface area contributed by atoms with Gasteiger partial charge in [0.05, 0.1) is 0 Å². The van der Waals surface area contributed by atoms with E-state index >= 15 is 0 Å². The quantitative estimate of drug-likeness (QED) is 0.667. The van der Waals surface area contributed by atoms with Gasteiger partial charge >= 0.3 is 0 Å². The average molecular weight is 185 g/mol. The Morgan fingerprint density at radius 2 is 1.77 bits per heavy atom. The van der Waals surface area contributed by atoms with Crippen LogP contribution in [-0.2, 0) is 0 Å². The van der Waals surface area contributed by atoms with Gasteiger partial charge in [0.25, 0.3) is 0 Å². The Morgan fingerprint density at radius 1 is 1.15 bits per heavy atom. The molecule has 0 aromatic rings. The van der Waals surface area contributed by atoms with Crippen molar-refractivity contribution < 1.29 is 0 Å². The van der Waals surface area contributed by atoms with E-state index in [4.69, 9.17) is 0 Å². The molecule has 1 N–H and O–H groups in total. The van der Waals surface area contributed by atoms with Crippen LogP contribution in [0.2, 0.25) is 0 Å². The highest BCUT2D eigenvalue weighted by Crippen LogP contribution is 2.22. The van der Waals surface area contributed by atoms with Crippen molar-refractivity contribution in [3.8, 4) is 0 Å². The molecule has 0 spiro atoms. The lowest BCUT2D eigenvalue weighted by Gasteiger charge is -2.26. The second-order valence-corrected chi connectivity index (χ2v) is 5.16. The highest BCUT2D eigenvalue weighted by molar-refractivity contribution is 4.73. The second kappa shape index (κ2) is 6.42. The summed E-state index contributed by atoms with van der Waals surface area (Å²) in [5.74, 6) is 0. The summed E-state index contributed by atoms with van der Waals surface area (Å²) in [6, 6.07) is 0.727. The normalized spacial score (nSPS) is 14.5. The number of hydrogen-bond donors (Lipinski definition) is 1. The van der Waals surface area contributed by atoms with E-state index in [0.29, 0.717) is 5.41 Å². The molecule has 0 aromatic heterocycles. The molecule has 0 aliphatic heterocycles. The highest BCUT2D eigenvalue weighted by atomic mass is 14.9. The van der Waals surface area contributed by atoms with Crippen molar-refractivity contribution in [3.05, 3.63) is 0 Å². The molecule has 0 amide bonds. The molecule has 0 heterocycles. The van der Waals surface area contributed by atoms with Gasteiger partial charge in [-0.05, 0) is 24.8 Å². The summed E-state index contributed by atoms with van der Waals surface area (Å²) in [6.45, 7) is 12.5. The minimum absolute atomic E-state index is 0.459. The first-order valence-electron chi connectivity index (χ1n) is 5.73. The van der Waals surface area contributed by atoms with Crippen LogP contribution in [0.25, 0.3) is 0 Å². The van der Waals surface area contributed by atoms with E-state index < -0.39 is 0 Å². The fraction of sp³-hybridized carbons (Fsp3) is 1.00. The van der Waals surface area contributed by atoms with Crippen molar-refractivity contribution in [2.45, 2.75) is 66.3 Å². The monoisotopic (exact) mass is 185 g/mol. The summed E-state index contributed by atoms with van der Waals surface area (Å²) in [4.78, 5) is 0. The lowest BCUT2D eigenvalue weighted by molar-refractivity contribution is 0.297. The topological polar surface area (TPSA) is 12.0 Å². The summed E-state index contributed by atoms with van der Waals surface area (Å²) in [7, 11) is 0. The van der Waals surface area contributed by atoms with Gasteiger partial charge in [-0.25, -0.2) is 0 Å². The van der Waals surface area contributed by atoms with Gasteiger partial charge in [0.15, 0.2) is 0 Å². The van der Waals surface area contributed by atoms with Crippen molar-refractivity contribution in [1.29, 1.82) is 0 Å². The van der Waals surface area contributed by atoms with Crippen molar-refractivity contribution in [2.24, 2.45) is 5.41 Å². The van der Waals surface area contributed by atoms with Gasteiger partial charge in [-0.3, -0.25) is 0 Å². The van der Waals surface area contributed by atoms with Gasteiger partial charge in [-0.1, -0.05) is 47.5 Å². The van der Waals surface area contributed by atoms with Gasteiger partial charge in [0.2, 0.25) is 0 Å². The molecule has 0 aliphatic rings. The Hall–Kier alpha value is -0.0400. The first-order valence-corrected chi connectivity index (χ1v) is 5.73. The zero-order chi connectivity index (χ0) is 10.3. The first kappa shape index (κ1) is 13.0. The van der Waals surface area contributed by atoms with E-state index in [9.17, 15) is 0 Å². The second-order valence-electron chi connectivity index (χ2n) is 5.16. The van der Waals surface area contributed by atoms with Crippen LogP contribution in [0.3, 0.4) is 0 Å². The third kappa shape index (κ3) is 8.29. The van der Waals surface area contributed by atoms with Crippen LogP contribution in [-0.4, -0.2) is 12.6 Å². The maximum Gasteiger partial charge on any atom is 0.00719 e. The number of rotatable bonds is 6. The van der Waals surface area contributed by atoms with Crippen LogP contribution >= 0.6 is 0 Å². The molecule has 0 aliphatic carbocycles. The number of unbranched alkanes of at least 4 members (excludes halogenated alkanes) is 1. The van der Waals surface area contributed by atoms with Gasteiger partial charge in [-0.2, -0.15) is 0 Å². The van der Waals surface area contributed by atoms with Gasteiger partial charge < -0.3 is 5.32 Å². The molecule has 0 aromatic carbocycles. The third-order valence-corrected chi connectivity index (χ3v) is 2.26. The van der Waals surface area contributed by atoms with Gasteiger partial charge in [0.1, 0.15) is 0 Å². The molecule has 0 radical (unpaired) electrons. The molecule has 0 saturated heterocycles. The molecule has 1 unspecified atom stereocenters. The number of nitrogens with one attached hydrogen (secondary N) is 1. The molecule has 80 valence electrons. The molecule has 1 nitrogen and oxygen atoms in total. The average Bonchev–Trinajstić information content (AvgIpc) is 1.98. The Bertz CT molecular complexity index is 113. The molecule has 1 heteroatoms. The molecular weight excluding hydrogens is 158 g/mol. The standard InChI is InChI=1S/C12H27N/c1-6-8-9-11(13-7-2)10-12(3,4)5/h11,13H,6-10H2,1-5H3. The predicted molar refractivity (Wildman–Crippen MR) is 61.1 cm³/mol. The number of hydrogen-bond acceptors (Lipinski definition) is 1. The van der Waals surface area contributed by atoms with Gasteiger partial charge in [-0.15, -0.1) is 0 Å². The Balaban J connectivity index is 3.79. The zero-order valence-electron chi connectivity index (χ0n) is 10.1. The summed E-state index contributed by atoms with van der Waals surface area (Å²) in [6.07, 6.45) is 5.29. The maximum absolute atomic E-state index is 3.57. The fourth-order valence-corrected chi connectivity index (χ4v) is 1.75. The molecular formula is C12H27N. The summed E-state index contributed by atoms with van der Waals surface area (Å²) >= 11 is 0. The van der Waals surface area contributed by atoms with Crippen LogP contribution in [0.15, 0.2) is 0 Å². The third-order valence-electron chi connectivity index (χ3n) is 2.26. The SMILES string of the molecule is CCCCC(CC(C)(C)C)NCC. The van der Waals surface area contributed by atoms with E-state index in [1.807, 2.05) is 0 Å². The first-order chi connectivity index (χ1) is 5.99. The minimum Gasteiger partial charge on any atom is -0.314 e. The molecule has 0 rings (SSSR count). The molecule has 0 saturated carbocycles. The summed E-state index contributed by atoms with van der Waals surface area (Å²) in [5, 5.41) is 3.57. The van der Waals surface area contributed by atoms with Crippen LogP contribution in [0, 0.1) is 5.41 Å². The smallest absolute Gasteiger partial charge is 0.00719 e. The summed E-state index contributed by atoms with van der Waals surface area (Å²) in [5.41, 5.74) is 0.459. The molecule has 0 bridgehead atoms. The van der Waals surface area contributed by atoms with E-state index in [0.717, 1.165) is 12.6 Å². The van der Waals surface area contributed by atoms with Crippen molar-refractivity contribution in [1.82, 2.24) is 5.32 Å². The minimum atomic E-state index is 0.459. The van der Waals surface area contributed by atoms with E-state index in [1.54, 1.807) is 0 Å². The van der Waals surface area contributed by atoms with Crippen LogP contribution in [0.1, 0.15) is 60.3 Å². The molecule has 1 atom stereocenters. The van der Waals surface area contributed by atoms with Gasteiger partial charge in [0, 0.05) is 6.04 Å². The van der Waals surface area contributed by atoms with Crippen LogP contribution in [0.4, 0.5) is 0 Å². The van der Waals surface area contributed by atoms with Crippen LogP contribution < -0.4 is 5.32 Å². The lowest BCUT2D eigenvalue weighted by Crippen LogP contribution is -2.32. The zero-order valence-corrected chi connectivity index (χ0v) is 10.1. The highest BCUT2D eigenvalue weighted by Gasteiger charge is 2.17.